The molecule has 0 amide bonds. The monoisotopic (exact) mass is 277 g/mol. The molecule has 0 aliphatic carbocycles. The minimum Gasteiger partial charge on any atom is -0.481 e. The van der Waals surface area contributed by atoms with Gasteiger partial charge in [0.2, 0.25) is 0 Å². The minimum absolute atomic E-state index is 0.255. The number of likely N-dealkylation sites (tertiary alicyclic amines) is 1. The summed E-state index contributed by atoms with van der Waals surface area (Å²) < 4.78 is 2.15. The maximum absolute atomic E-state index is 11.1. The number of likely N-dealkylation sites (N-methyl/N-ethyl adjacent to an activating group) is 1. The lowest BCUT2D eigenvalue weighted by Gasteiger charge is -2.31. The van der Waals surface area contributed by atoms with E-state index < -0.39 is 5.97 Å². The van der Waals surface area contributed by atoms with Gasteiger partial charge in [-0.3, -0.25) is 4.79 Å². The molecule has 3 heterocycles. The van der Waals surface area contributed by atoms with Crippen molar-refractivity contribution in [2.45, 2.75) is 51.1 Å². The van der Waals surface area contributed by atoms with E-state index in [0.29, 0.717) is 12.5 Å². The maximum atomic E-state index is 11.1. The summed E-state index contributed by atoms with van der Waals surface area (Å²) in [5.41, 5.74) is 1.13. The Kier molecular flexibility index (Phi) is 3.78. The van der Waals surface area contributed by atoms with E-state index in [-0.39, 0.29) is 5.92 Å². The van der Waals surface area contributed by atoms with Gasteiger partial charge in [-0.2, -0.15) is 0 Å². The fraction of sp³-hybridized carbons (Fsp3) is 0.733. The zero-order valence-electron chi connectivity index (χ0n) is 12.1. The Morgan fingerprint density at radius 1 is 1.40 bits per heavy atom. The summed E-state index contributed by atoms with van der Waals surface area (Å²) in [4.78, 5) is 18.2. The molecule has 1 aromatic rings. The first-order valence-electron chi connectivity index (χ1n) is 7.61. The number of aromatic nitrogens is 2. The number of aliphatic carboxylic acids is 1. The van der Waals surface area contributed by atoms with Crippen LogP contribution in [-0.2, 0) is 24.2 Å². The molecule has 1 saturated heterocycles. The Labute approximate surface area is 119 Å². The van der Waals surface area contributed by atoms with Crippen LogP contribution < -0.4 is 0 Å². The number of rotatable bonds is 3. The van der Waals surface area contributed by atoms with Crippen LogP contribution in [0.1, 0.15) is 37.2 Å². The van der Waals surface area contributed by atoms with Crippen molar-refractivity contribution < 1.29 is 9.90 Å². The second-order valence-electron chi connectivity index (χ2n) is 6.20. The van der Waals surface area contributed by atoms with Crippen LogP contribution in [0.5, 0.6) is 0 Å². The zero-order valence-corrected chi connectivity index (χ0v) is 12.1. The second kappa shape index (κ2) is 5.56. The van der Waals surface area contributed by atoms with Crippen molar-refractivity contribution in [2.75, 3.05) is 13.6 Å². The van der Waals surface area contributed by atoms with Crippen LogP contribution in [0.4, 0.5) is 0 Å². The molecule has 0 radical (unpaired) electrons. The molecule has 1 aromatic heterocycles. The number of hydrogen-bond donors (Lipinski definition) is 1. The third-order valence-corrected chi connectivity index (χ3v) is 4.77. The number of hydrogen-bond acceptors (Lipinski definition) is 3. The molecule has 0 bridgehead atoms. The lowest BCUT2D eigenvalue weighted by molar-refractivity contribution is -0.142. The SMILES string of the molecule is CN1CCCCC1Cc1cn2c(n1)CC(C(=O)O)CC2. The lowest BCUT2D eigenvalue weighted by atomic mass is 9.98. The number of piperidine rings is 1. The van der Waals surface area contributed by atoms with Gasteiger partial charge in [-0.1, -0.05) is 6.42 Å². The van der Waals surface area contributed by atoms with Gasteiger partial charge in [0.25, 0.3) is 0 Å². The van der Waals surface area contributed by atoms with Crippen molar-refractivity contribution >= 4 is 5.97 Å². The van der Waals surface area contributed by atoms with Gasteiger partial charge in [-0.25, -0.2) is 4.98 Å². The third-order valence-electron chi connectivity index (χ3n) is 4.77. The Morgan fingerprint density at radius 2 is 2.25 bits per heavy atom. The fourth-order valence-corrected chi connectivity index (χ4v) is 3.44. The Hall–Kier alpha value is -1.36. The van der Waals surface area contributed by atoms with Gasteiger partial charge >= 0.3 is 5.97 Å². The predicted octanol–water partition coefficient (Wildman–Crippen LogP) is 1.56. The number of aryl methyl sites for hydroxylation is 1. The Balaban J connectivity index is 1.69. The second-order valence-corrected chi connectivity index (χ2v) is 6.20. The van der Waals surface area contributed by atoms with E-state index in [1.165, 1.54) is 25.8 Å². The highest BCUT2D eigenvalue weighted by Gasteiger charge is 2.27. The average molecular weight is 277 g/mol. The first kappa shape index (κ1) is 13.6. The fourth-order valence-electron chi connectivity index (χ4n) is 3.44. The number of imidazole rings is 1. The van der Waals surface area contributed by atoms with E-state index in [9.17, 15) is 4.79 Å². The molecule has 110 valence electrons. The molecule has 2 aliphatic rings. The highest BCUT2D eigenvalue weighted by atomic mass is 16.4. The van der Waals surface area contributed by atoms with Crippen LogP contribution in [0.25, 0.3) is 0 Å². The summed E-state index contributed by atoms with van der Waals surface area (Å²) in [5, 5.41) is 9.12. The molecule has 20 heavy (non-hydrogen) atoms. The first-order valence-corrected chi connectivity index (χ1v) is 7.61. The topological polar surface area (TPSA) is 58.4 Å². The van der Waals surface area contributed by atoms with Crippen LogP contribution >= 0.6 is 0 Å². The van der Waals surface area contributed by atoms with Gasteiger partial charge in [0, 0.05) is 31.6 Å². The molecule has 2 aliphatic heterocycles. The van der Waals surface area contributed by atoms with E-state index in [1.807, 2.05) is 0 Å². The largest absolute Gasteiger partial charge is 0.481 e. The van der Waals surface area contributed by atoms with E-state index in [4.69, 9.17) is 5.11 Å². The molecule has 2 unspecified atom stereocenters. The first-order chi connectivity index (χ1) is 9.63. The Morgan fingerprint density at radius 3 is 3.00 bits per heavy atom. The molecule has 0 saturated carbocycles. The summed E-state index contributed by atoms with van der Waals surface area (Å²) in [5.74, 6) is 0.0139. The number of nitrogens with zero attached hydrogens (tertiary/aromatic N) is 3. The van der Waals surface area contributed by atoms with Gasteiger partial charge in [0.1, 0.15) is 5.82 Å². The van der Waals surface area contributed by atoms with Crippen LogP contribution in [0.15, 0.2) is 6.20 Å². The molecule has 0 spiro atoms. The summed E-state index contributed by atoms with van der Waals surface area (Å²) in [7, 11) is 2.19. The van der Waals surface area contributed by atoms with Crippen molar-refractivity contribution in [2.24, 2.45) is 5.92 Å². The maximum Gasteiger partial charge on any atom is 0.307 e. The smallest absolute Gasteiger partial charge is 0.307 e. The molecule has 0 aromatic carbocycles. The minimum atomic E-state index is -0.687. The highest BCUT2D eigenvalue weighted by molar-refractivity contribution is 5.70. The van der Waals surface area contributed by atoms with Crippen LogP contribution in [0.2, 0.25) is 0 Å². The summed E-state index contributed by atoms with van der Waals surface area (Å²) in [6, 6.07) is 0.593. The van der Waals surface area contributed by atoms with E-state index in [1.54, 1.807) is 0 Å². The number of carboxylic acids is 1. The van der Waals surface area contributed by atoms with Crippen molar-refractivity contribution in [1.82, 2.24) is 14.5 Å². The molecule has 5 nitrogen and oxygen atoms in total. The quantitative estimate of drug-likeness (QED) is 0.911. The predicted molar refractivity (Wildman–Crippen MR) is 75.6 cm³/mol. The van der Waals surface area contributed by atoms with Crippen LogP contribution in [-0.4, -0.2) is 45.2 Å². The molecule has 1 fully saturated rings. The number of carbonyl (C=O) groups is 1. The molecule has 1 N–H and O–H groups in total. The van der Waals surface area contributed by atoms with Crippen molar-refractivity contribution in [3.05, 3.63) is 17.7 Å². The van der Waals surface area contributed by atoms with Gasteiger partial charge in [-0.15, -0.1) is 0 Å². The van der Waals surface area contributed by atoms with Gasteiger partial charge in [0.15, 0.2) is 0 Å². The summed E-state index contributed by atoms with van der Waals surface area (Å²) in [6.07, 6.45) is 8.29. The van der Waals surface area contributed by atoms with Gasteiger partial charge < -0.3 is 14.6 Å². The standard InChI is InChI=1S/C15H23N3O2/c1-17-6-3-2-4-13(17)9-12-10-18-7-5-11(15(19)20)8-14(18)16-12/h10-11,13H,2-9H2,1H3,(H,19,20). The van der Waals surface area contributed by atoms with Crippen LogP contribution in [0, 0.1) is 5.92 Å². The van der Waals surface area contributed by atoms with Gasteiger partial charge in [-0.05, 0) is 32.9 Å². The third kappa shape index (κ3) is 2.73. The normalized spacial score (nSPS) is 27.2. The lowest BCUT2D eigenvalue weighted by Crippen LogP contribution is -2.37. The highest BCUT2D eigenvalue weighted by Crippen LogP contribution is 2.23. The molecule has 2 atom stereocenters. The molecular weight excluding hydrogens is 254 g/mol. The Bertz CT molecular complexity index is 497. The van der Waals surface area contributed by atoms with Gasteiger partial charge in [0.05, 0.1) is 11.6 Å². The number of carboxylic acid groups (broad SMARTS) is 1. The molecule has 3 rings (SSSR count). The van der Waals surface area contributed by atoms with Crippen molar-refractivity contribution in [3.8, 4) is 0 Å². The molecule has 5 heteroatoms. The van der Waals surface area contributed by atoms with Crippen molar-refractivity contribution in [1.29, 1.82) is 0 Å². The zero-order chi connectivity index (χ0) is 14.1. The van der Waals surface area contributed by atoms with Crippen molar-refractivity contribution in [3.63, 3.8) is 0 Å². The van der Waals surface area contributed by atoms with Crippen LogP contribution in [0.3, 0.4) is 0 Å². The number of fused-ring (bicyclic) bond motifs is 1. The average Bonchev–Trinajstić information content (AvgIpc) is 2.82. The summed E-state index contributed by atoms with van der Waals surface area (Å²) in [6.45, 7) is 1.97. The van der Waals surface area contributed by atoms with E-state index >= 15 is 0 Å². The summed E-state index contributed by atoms with van der Waals surface area (Å²) >= 11 is 0. The molecular formula is C15H23N3O2. The van der Waals surface area contributed by atoms with E-state index in [2.05, 4.69) is 27.7 Å². The van der Waals surface area contributed by atoms with E-state index in [0.717, 1.165) is 30.9 Å².